The quantitative estimate of drug-likeness (QED) is 0.837. The molecule has 3 heterocycles. The molecule has 1 aromatic heterocycles. The van der Waals surface area contributed by atoms with Crippen molar-refractivity contribution in [1.82, 2.24) is 19.8 Å². The van der Waals surface area contributed by atoms with Crippen LogP contribution in [0.4, 0.5) is 5.95 Å². The molecular weight excluding hydrogens is 302 g/mol. The van der Waals surface area contributed by atoms with E-state index in [4.69, 9.17) is 0 Å². The maximum absolute atomic E-state index is 12.9. The lowest BCUT2D eigenvalue weighted by Gasteiger charge is -2.38. The zero-order chi connectivity index (χ0) is 16.9. The van der Waals surface area contributed by atoms with Gasteiger partial charge in [-0.2, -0.15) is 0 Å². The molecular formula is C18H29N5O. The number of amides is 1. The first kappa shape index (κ1) is 17.1. The third-order valence-electron chi connectivity index (χ3n) is 5.16. The van der Waals surface area contributed by atoms with Crippen molar-refractivity contribution in [3.8, 4) is 0 Å². The summed E-state index contributed by atoms with van der Waals surface area (Å²) in [7, 11) is 4.25. The molecule has 1 aromatic rings. The summed E-state index contributed by atoms with van der Waals surface area (Å²) in [6, 6.07) is 1.83. The topological polar surface area (TPSA) is 52.6 Å². The minimum Gasteiger partial charge on any atom is -0.342 e. The molecule has 0 N–H and O–H groups in total. The Morgan fingerprint density at radius 2 is 1.88 bits per heavy atom. The van der Waals surface area contributed by atoms with Crippen LogP contribution in [0.15, 0.2) is 18.5 Å². The SMILES string of the molecule is CN(C)CC1CCN(C(=O)[C@H]2CCCN(c3ncccn3)C2)CC1. The van der Waals surface area contributed by atoms with E-state index in [1.807, 2.05) is 6.07 Å². The van der Waals surface area contributed by atoms with Crippen molar-refractivity contribution < 1.29 is 4.79 Å². The Hall–Kier alpha value is -1.69. The van der Waals surface area contributed by atoms with Crippen LogP contribution in [0, 0.1) is 11.8 Å². The minimum absolute atomic E-state index is 0.0907. The second kappa shape index (κ2) is 7.92. The van der Waals surface area contributed by atoms with E-state index in [0.717, 1.165) is 70.3 Å². The second-order valence-corrected chi connectivity index (χ2v) is 7.36. The van der Waals surface area contributed by atoms with Crippen LogP contribution in [0.2, 0.25) is 0 Å². The number of likely N-dealkylation sites (tertiary alicyclic amines) is 1. The molecule has 24 heavy (non-hydrogen) atoms. The molecule has 1 amide bonds. The number of nitrogens with zero attached hydrogens (tertiary/aromatic N) is 5. The molecule has 0 saturated carbocycles. The number of rotatable bonds is 4. The maximum Gasteiger partial charge on any atom is 0.227 e. The number of carbonyl (C=O) groups excluding carboxylic acids is 1. The first-order chi connectivity index (χ1) is 11.6. The van der Waals surface area contributed by atoms with Gasteiger partial charge in [-0.15, -0.1) is 0 Å². The smallest absolute Gasteiger partial charge is 0.227 e. The van der Waals surface area contributed by atoms with Crippen LogP contribution >= 0.6 is 0 Å². The van der Waals surface area contributed by atoms with Gasteiger partial charge in [0.25, 0.3) is 0 Å². The second-order valence-electron chi connectivity index (χ2n) is 7.36. The van der Waals surface area contributed by atoms with Crippen LogP contribution in [0.1, 0.15) is 25.7 Å². The van der Waals surface area contributed by atoms with E-state index >= 15 is 0 Å². The summed E-state index contributed by atoms with van der Waals surface area (Å²) in [5.74, 6) is 1.90. The summed E-state index contributed by atoms with van der Waals surface area (Å²) < 4.78 is 0. The molecule has 2 fully saturated rings. The van der Waals surface area contributed by atoms with Gasteiger partial charge in [0.15, 0.2) is 0 Å². The van der Waals surface area contributed by atoms with Gasteiger partial charge in [0, 0.05) is 45.1 Å². The summed E-state index contributed by atoms with van der Waals surface area (Å²) >= 11 is 0. The van der Waals surface area contributed by atoms with Gasteiger partial charge in [-0.1, -0.05) is 0 Å². The predicted octanol–water partition coefficient (Wildman–Crippen LogP) is 1.49. The molecule has 2 aliphatic heterocycles. The fourth-order valence-electron chi connectivity index (χ4n) is 3.93. The summed E-state index contributed by atoms with van der Waals surface area (Å²) in [6.45, 7) is 4.65. The van der Waals surface area contributed by atoms with Crippen LogP contribution in [0.3, 0.4) is 0 Å². The van der Waals surface area contributed by atoms with E-state index < -0.39 is 0 Å². The third kappa shape index (κ3) is 4.23. The van der Waals surface area contributed by atoms with Crippen molar-refractivity contribution in [2.24, 2.45) is 11.8 Å². The van der Waals surface area contributed by atoms with Crippen molar-refractivity contribution >= 4 is 11.9 Å². The van der Waals surface area contributed by atoms with Gasteiger partial charge in [-0.25, -0.2) is 9.97 Å². The number of hydrogen-bond donors (Lipinski definition) is 0. The Labute approximate surface area is 144 Å². The lowest BCUT2D eigenvalue weighted by atomic mass is 9.92. The Morgan fingerprint density at radius 1 is 1.17 bits per heavy atom. The van der Waals surface area contributed by atoms with Crippen molar-refractivity contribution in [2.45, 2.75) is 25.7 Å². The molecule has 0 aromatic carbocycles. The average molecular weight is 331 g/mol. The Balaban J connectivity index is 1.54. The number of piperidine rings is 2. The number of aromatic nitrogens is 2. The Bertz CT molecular complexity index is 527. The Morgan fingerprint density at radius 3 is 2.54 bits per heavy atom. The van der Waals surface area contributed by atoms with Crippen molar-refractivity contribution in [3.05, 3.63) is 18.5 Å². The zero-order valence-electron chi connectivity index (χ0n) is 14.9. The summed E-state index contributed by atoms with van der Waals surface area (Å²) in [6.07, 6.45) is 7.81. The largest absolute Gasteiger partial charge is 0.342 e. The summed E-state index contributed by atoms with van der Waals surface area (Å²) in [4.78, 5) is 28.1. The third-order valence-corrected chi connectivity index (χ3v) is 5.16. The molecule has 6 heteroatoms. The van der Waals surface area contributed by atoms with Gasteiger partial charge < -0.3 is 14.7 Å². The van der Waals surface area contributed by atoms with E-state index in [1.165, 1.54) is 0 Å². The highest BCUT2D eigenvalue weighted by molar-refractivity contribution is 5.79. The van der Waals surface area contributed by atoms with Crippen molar-refractivity contribution in [1.29, 1.82) is 0 Å². The van der Waals surface area contributed by atoms with Crippen LogP contribution in [-0.4, -0.2) is 72.5 Å². The summed E-state index contributed by atoms with van der Waals surface area (Å²) in [5.41, 5.74) is 0. The molecule has 0 radical (unpaired) electrons. The van der Waals surface area contributed by atoms with Gasteiger partial charge in [-0.3, -0.25) is 4.79 Å². The molecule has 3 rings (SSSR count). The van der Waals surface area contributed by atoms with Gasteiger partial charge in [-0.05, 0) is 51.8 Å². The Kier molecular flexibility index (Phi) is 5.66. The maximum atomic E-state index is 12.9. The lowest BCUT2D eigenvalue weighted by molar-refractivity contribution is -0.137. The first-order valence-electron chi connectivity index (χ1n) is 9.09. The molecule has 2 saturated heterocycles. The van der Waals surface area contributed by atoms with Gasteiger partial charge in [0.2, 0.25) is 11.9 Å². The van der Waals surface area contributed by atoms with Crippen LogP contribution in [0.5, 0.6) is 0 Å². The average Bonchev–Trinajstić information content (AvgIpc) is 2.62. The fourth-order valence-corrected chi connectivity index (χ4v) is 3.93. The number of anilines is 1. The van der Waals surface area contributed by atoms with Gasteiger partial charge in [0.1, 0.15) is 0 Å². The molecule has 0 spiro atoms. The van der Waals surface area contributed by atoms with Crippen molar-refractivity contribution in [2.75, 3.05) is 51.7 Å². The minimum atomic E-state index is 0.0907. The zero-order valence-corrected chi connectivity index (χ0v) is 14.9. The normalized spacial score (nSPS) is 22.9. The van der Waals surface area contributed by atoms with E-state index in [2.05, 4.69) is 38.8 Å². The highest BCUT2D eigenvalue weighted by Crippen LogP contribution is 2.25. The van der Waals surface area contributed by atoms with E-state index in [1.54, 1.807) is 12.4 Å². The molecule has 132 valence electrons. The molecule has 6 nitrogen and oxygen atoms in total. The molecule has 0 bridgehead atoms. The molecule has 0 unspecified atom stereocenters. The standard InChI is InChI=1S/C18H29N5O/c1-21(2)13-15-6-11-22(12-7-15)17(24)16-5-3-10-23(14-16)18-19-8-4-9-20-18/h4,8-9,15-16H,3,5-7,10-14H2,1-2H3/t16-/m0/s1. The van der Waals surface area contributed by atoms with Gasteiger partial charge >= 0.3 is 0 Å². The van der Waals surface area contributed by atoms with E-state index in [-0.39, 0.29) is 5.92 Å². The van der Waals surface area contributed by atoms with E-state index in [0.29, 0.717) is 5.91 Å². The van der Waals surface area contributed by atoms with Gasteiger partial charge in [0.05, 0.1) is 5.92 Å². The molecule has 0 aliphatic carbocycles. The van der Waals surface area contributed by atoms with Crippen molar-refractivity contribution in [3.63, 3.8) is 0 Å². The van der Waals surface area contributed by atoms with Crippen LogP contribution in [0.25, 0.3) is 0 Å². The first-order valence-corrected chi connectivity index (χ1v) is 9.09. The lowest BCUT2D eigenvalue weighted by Crippen LogP contribution is -2.48. The number of carbonyl (C=O) groups is 1. The van der Waals surface area contributed by atoms with Crippen LogP contribution in [-0.2, 0) is 4.79 Å². The van der Waals surface area contributed by atoms with Crippen LogP contribution < -0.4 is 4.90 Å². The molecule has 1 atom stereocenters. The molecule has 2 aliphatic rings. The number of hydrogen-bond acceptors (Lipinski definition) is 5. The highest BCUT2D eigenvalue weighted by atomic mass is 16.2. The highest BCUT2D eigenvalue weighted by Gasteiger charge is 2.32. The van der Waals surface area contributed by atoms with E-state index in [9.17, 15) is 4.79 Å². The predicted molar refractivity (Wildman–Crippen MR) is 94.8 cm³/mol. The summed E-state index contributed by atoms with van der Waals surface area (Å²) in [5, 5.41) is 0. The monoisotopic (exact) mass is 331 g/mol. The fraction of sp³-hybridized carbons (Fsp3) is 0.722.